The van der Waals surface area contributed by atoms with Crippen molar-refractivity contribution >= 4 is 5.96 Å². The number of hydrogen-bond acceptors (Lipinski definition) is 2. The van der Waals surface area contributed by atoms with Gasteiger partial charge in [0.1, 0.15) is 0 Å². The second kappa shape index (κ2) is 10.2. The number of benzene rings is 1. The van der Waals surface area contributed by atoms with E-state index in [1.165, 1.54) is 18.4 Å². The molecule has 0 spiro atoms. The Labute approximate surface area is 129 Å². The molecule has 0 aliphatic rings. The minimum atomic E-state index is 0.246. The average molecular weight is 290 g/mol. The van der Waals surface area contributed by atoms with E-state index in [9.17, 15) is 0 Å². The summed E-state index contributed by atoms with van der Waals surface area (Å²) >= 11 is 0. The third kappa shape index (κ3) is 7.14. The molecule has 0 aliphatic carbocycles. The number of guanidine groups is 1. The number of unbranched alkanes of at least 4 members (excludes halogenated alkanes) is 1. The minimum Gasteiger partial charge on any atom is -0.355 e. The van der Waals surface area contributed by atoms with Crippen LogP contribution in [0.25, 0.3) is 0 Å². The summed E-state index contributed by atoms with van der Waals surface area (Å²) in [6.45, 7) is 7.46. The Kier molecular flexibility index (Phi) is 8.51. The van der Waals surface area contributed by atoms with Crippen molar-refractivity contribution < 1.29 is 0 Å². The quantitative estimate of drug-likeness (QED) is 0.571. The molecule has 0 aliphatic heterocycles. The van der Waals surface area contributed by atoms with Crippen molar-refractivity contribution in [3.63, 3.8) is 0 Å². The summed E-state index contributed by atoms with van der Waals surface area (Å²) < 4.78 is 0. The van der Waals surface area contributed by atoms with Gasteiger partial charge in [0.05, 0.1) is 6.04 Å². The Morgan fingerprint density at radius 3 is 2.57 bits per heavy atom. The molecule has 4 heteroatoms. The summed E-state index contributed by atoms with van der Waals surface area (Å²) in [6.07, 6.45) is 2.50. The number of likely N-dealkylation sites (N-methyl/N-ethyl adjacent to an activating group) is 1. The van der Waals surface area contributed by atoms with Crippen LogP contribution in [-0.4, -0.2) is 44.6 Å². The van der Waals surface area contributed by atoms with Gasteiger partial charge in [0, 0.05) is 20.1 Å². The topological polar surface area (TPSA) is 39.7 Å². The molecule has 0 bridgehead atoms. The molecule has 21 heavy (non-hydrogen) atoms. The van der Waals surface area contributed by atoms with E-state index in [2.05, 4.69) is 65.7 Å². The van der Waals surface area contributed by atoms with Crippen molar-refractivity contribution in [3.8, 4) is 0 Å². The standard InChI is InChI=1S/C17H30N4/c1-5-6-13-21(4)14-12-19-17(18-3)20-15(2)16-10-8-7-9-11-16/h7-11,15H,5-6,12-14H2,1-4H3,(H2,18,19,20). The maximum Gasteiger partial charge on any atom is 0.191 e. The van der Waals surface area contributed by atoms with Crippen LogP contribution in [0.4, 0.5) is 0 Å². The van der Waals surface area contributed by atoms with Crippen LogP contribution in [0, 0.1) is 0 Å². The third-order valence-electron chi connectivity index (χ3n) is 3.56. The van der Waals surface area contributed by atoms with Crippen LogP contribution in [0.5, 0.6) is 0 Å². The molecule has 4 nitrogen and oxygen atoms in total. The number of hydrogen-bond donors (Lipinski definition) is 2. The van der Waals surface area contributed by atoms with Gasteiger partial charge < -0.3 is 15.5 Å². The SMILES string of the molecule is CCCCN(C)CCNC(=NC)NC(C)c1ccccc1. The Morgan fingerprint density at radius 2 is 1.95 bits per heavy atom. The summed E-state index contributed by atoms with van der Waals surface area (Å²) in [5.74, 6) is 0.857. The monoisotopic (exact) mass is 290 g/mol. The van der Waals surface area contributed by atoms with Crippen LogP contribution >= 0.6 is 0 Å². The molecule has 0 heterocycles. The van der Waals surface area contributed by atoms with Gasteiger partial charge in [0.2, 0.25) is 0 Å². The van der Waals surface area contributed by atoms with Gasteiger partial charge in [-0.1, -0.05) is 43.7 Å². The van der Waals surface area contributed by atoms with Crippen molar-refractivity contribution in [2.75, 3.05) is 33.7 Å². The molecule has 0 saturated heterocycles. The number of nitrogens with one attached hydrogen (secondary N) is 2. The van der Waals surface area contributed by atoms with E-state index in [-0.39, 0.29) is 6.04 Å². The van der Waals surface area contributed by atoms with Crippen molar-refractivity contribution in [1.82, 2.24) is 15.5 Å². The molecule has 0 aromatic heterocycles. The molecule has 0 amide bonds. The highest BCUT2D eigenvalue weighted by molar-refractivity contribution is 5.80. The summed E-state index contributed by atoms with van der Waals surface area (Å²) in [7, 11) is 3.98. The van der Waals surface area contributed by atoms with E-state index < -0.39 is 0 Å². The predicted molar refractivity (Wildman–Crippen MR) is 91.8 cm³/mol. The maximum absolute atomic E-state index is 4.29. The van der Waals surface area contributed by atoms with Crippen molar-refractivity contribution in [3.05, 3.63) is 35.9 Å². The van der Waals surface area contributed by atoms with Crippen LogP contribution in [0.2, 0.25) is 0 Å². The fraction of sp³-hybridized carbons (Fsp3) is 0.588. The van der Waals surface area contributed by atoms with Crippen LogP contribution < -0.4 is 10.6 Å². The zero-order valence-corrected chi connectivity index (χ0v) is 13.9. The van der Waals surface area contributed by atoms with E-state index >= 15 is 0 Å². The van der Waals surface area contributed by atoms with Crippen LogP contribution in [0.1, 0.15) is 38.3 Å². The van der Waals surface area contributed by atoms with Crippen LogP contribution in [0.15, 0.2) is 35.3 Å². The minimum absolute atomic E-state index is 0.246. The van der Waals surface area contributed by atoms with Gasteiger partial charge in [-0.25, -0.2) is 0 Å². The molecule has 0 radical (unpaired) electrons. The highest BCUT2D eigenvalue weighted by Gasteiger charge is 2.07. The van der Waals surface area contributed by atoms with E-state index in [0.717, 1.165) is 25.6 Å². The number of aliphatic imine (C=N–C) groups is 1. The van der Waals surface area contributed by atoms with E-state index in [0.29, 0.717) is 0 Å². The van der Waals surface area contributed by atoms with E-state index in [4.69, 9.17) is 0 Å². The van der Waals surface area contributed by atoms with Crippen LogP contribution in [-0.2, 0) is 0 Å². The van der Waals surface area contributed by atoms with Crippen molar-refractivity contribution in [1.29, 1.82) is 0 Å². The second-order valence-corrected chi connectivity index (χ2v) is 5.43. The summed E-state index contributed by atoms with van der Waals surface area (Å²) in [5.41, 5.74) is 1.26. The molecule has 0 fully saturated rings. The van der Waals surface area contributed by atoms with Gasteiger partial charge in [0.15, 0.2) is 5.96 Å². The van der Waals surface area contributed by atoms with Crippen molar-refractivity contribution in [2.24, 2.45) is 4.99 Å². The van der Waals surface area contributed by atoms with E-state index in [1.54, 1.807) is 0 Å². The molecule has 118 valence electrons. The summed E-state index contributed by atoms with van der Waals surface area (Å²) in [6, 6.07) is 10.7. The molecular formula is C17H30N4. The largest absolute Gasteiger partial charge is 0.355 e. The molecule has 1 unspecified atom stereocenters. The molecule has 1 aromatic carbocycles. The fourth-order valence-corrected chi connectivity index (χ4v) is 2.13. The first-order valence-electron chi connectivity index (χ1n) is 7.88. The average Bonchev–Trinajstić information content (AvgIpc) is 2.52. The first-order chi connectivity index (χ1) is 10.2. The molecule has 1 atom stereocenters. The molecular weight excluding hydrogens is 260 g/mol. The Morgan fingerprint density at radius 1 is 1.24 bits per heavy atom. The Balaban J connectivity index is 2.32. The Hall–Kier alpha value is -1.55. The highest BCUT2D eigenvalue weighted by atomic mass is 15.2. The van der Waals surface area contributed by atoms with E-state index in [1.807, 2.05) is 13.1 Å². The highest BCUT2D eigenvalue weighted by Crippen LogP contribution is 2.10. The lowest BCUT2D eigenvalue weighted by atomic mass is 10.1. The Bertz CT molecular complexity index is 403. The third-order valence-corrected chi connectivity index (χ3v) is 3.56. The molecule has 0 saturated carbocycles. The lowest BCUT2D eigenvalue weighted by Crippen LogP contribution is -2.42. The molecule has 1 rings (SSSR count). The maximum atomic E-state index is 4.29. The van der Waals surface area contributed by atoms with Gasteiger partial charge in [0.25, 0.3) is 0 Å². The number of rotatable bonds is 8. The lowest BCUT2D eigenvalue weighted by Gasteiger charge is -2.20. The predicted octanol–water partition coefficient (Wildman–Crippen LogP) is 2.64. The summed E-state index contributed by atoms with van der Waals surface area (Å²) in [4.78, 5) is 6.64. The van der Waals surface area contributed by atoms with Gasteiger partial charge in [-0.05, 0) is 32.5 Å². The fourth-order valence-electron chi connectivity index (χ4n) is 2.13. The number of nitrogens with zero attached hydrogens (tertiary/aromatic N) is 2. The van der Waals surface area contributed by atoms with Crippen molar-refractivity contribution in [2.45, 2.75) is 32.7 Å². The zero-order valence-electron chi connectivity index (χ0n) is 13.9. The molecule has 1 aromatic rings. The zero-order chi connectivity index (χ0) is 15.5. The normalized spacial score (nSPS) is 13.3. The second-order valence-electron chi connectivity index (χ2n) is 5.43. The van der Waals surface area contributed by atoms with Gasteiger partial charge >= 0.3 is 0 Å². The van der Waals surface area contributed by atoms with Crippen LogP contribution in [0.3, 0.4) is 0 Å². The van der Waals surface area contributed by atoms with Gasteiger partial charge in [-0.2, -0.15) is 0 Å². The first-order valence-corrected chi connectivity index (χ1v) is 7.88. The molecule has 2 N–H and O–H groups in total. The smallest absolute Gasteiger partial charge is 0.191 e. The van der Waals surface area contributed by atoms with Gasteiger partial charge in [-0.15, -0.1) is 0 Å². The van der Waals surface area contributed by atoms with Gasteiger partial charge in [-0.3, -0.25) is 4.99 Å². The first kappa shape index (κ1) is 17.5. The lowest BCUT2D eigenvalue weighted by molar-refractivity contribution is 0.332. The summed E-state index contributed by atoms with van der Waals surface area (Å²) in [5, 5.41) is 6.79.